The van der Waals surface area contributed by atoms with Crippen molar-refractivity contribution in [2.24, 2.45) is 0 Å². The summed E-state index contributed by atoms with van der Waals surface area (Å²) in [6.45, 7) is 3.44. The second-order valence-electron chi connectivity index (χ2n) is 5.49. The van der Waals surface area contributed by atoms with Gasteiger partial charge < -0.3 is 5.32 Å². The quantitative estimate of drug-likeness (QED) is 0.701. The van der Waals surface area contributed by atoms with Gasteiger partial charge in [-0.25, -0.2) is 9.67 Å². The smallest absolute Gasteiger partial charge is 0.248 e. The minimum Gasteiger partial charge on any atom is -0.358 e. The van der Waals surface area contributed by atoms with Crippen molar-refractivity contribution >= 4 is 23.3 Å². The van der Waals surface area contributed by atoms with Crippen LogP contribution >= 0.6 is 12.2 Å². The number of hydrogen-bond donors (Lipinski definition) is 2. The molecular weight excluding hydrogens is 318 g/mol. The molecule has 0 saturated heterocycles. The summed E-state index contributed by atoms with van der Waals surface area (Å²) in [6, 6.07) is 18.3. The van der Waals surface area contributed by atoms with Crippen molar-refractivity contribution in [1.82, 2.24) is 20.1 Å². The predicted octanol–water partition coefficient (Wildman–Crippen LogP) is 3.12. The SMILES string of the molecule is Cc1ccccc1Cn1cnc(NC(=S)NCc2ccccc2)n1. The van der Waals surface area contributed by atoms with Crippen LogP contribution in [0.1, 0.15) is 16.7 Å². The van der Waals surface area contributed by atoms with Gasteiger partial charge in [0.15, 0.2) is 5.11 Å². The van der Waals surface area contributed by atoms with Crippen LogP contribution in [-0.4, -0.2) is 19.9 Å². The van der Waals surface area contributed by atoms with Gasteiger partial charge >= 0.3 is 0 Å². The highest BCUT2D eigenvalue weighted by atomic mass is 32.1. The van der Waals surface area contributed by atoms with E-state index in [-0.39, 0.29) is 0 Å². The first-order valence-electron chi connectivity index (χ1n) is 7.73. The Balaban J connectivity index is 1.54. The number of nitrogens with zero attached hydrogens (tertiary/aromatic N) is 3. The van der Waals surface area contributed by atoms with Gasteiger partial charge in [-0.3, -0.25) is 5.32 Å². The van der Waals surface area contributed by atoms with Crippen molar-refractivity contribution in [3.05, 3.63) is 77.6 Å². The number of rotatable bonds is 5. The number of nitrogens with one attached hydrogen (secondary N) is 2. The zero-order valence-corrected chi connectivity index (χ0v) is 14.3. The third kappa shape index (κ3) is 4.39. The van der Waals surface area contributed by atoms with Crippen molar-refractivity contribution in [3.8, 4) is 0 Å². The van der Waals surface area contributed by atoms with Gasteiger partial charge in [-0.2, -0.15) is 0 Å². The zero-order valence-electron chi connectivity index (χ0n) is 13.4. The zero-order chi connectivity index (χ0) is 16.8. The van der Waals surface area contributed by atoms with Crippen LogP contribution in [0.5, 0.6) is 0 Å². The molecule has 0 radical (unpaired) electrons. The highest BCUT2D eigenvalue weighted by Gasteiger charge is 2.05. The van der Waals surface area contributed by atoms with Crippen LogP contribution < -0.4 is 10.6 Å². The minimum atomic E-state index is 0.495. The van der Waals surface area contributed by atoms with Gasteiger partial charge in [0.25, 0.3) is 0 Å². The average Bonchev–Trinajstić information content (AvgIpc) is 3.03. The summed E-state index contributed by atoms with van der Waals surface area (Å²) >= 11 is 5.28. The summed E-state index contributed by atoms with van der Waals surface area (Å²) < 4.78 is 1.80. The fourth-order valence-corrected chi connectivity index (χ4v) is 2.48. The second kappa shape index (κ2) is 7.70. The first-order valence-corrected chi connectivity index (χ1v) is 8.14. The van der Waals surface area contributed by atoms with Gasteiger partial charge in [0.05, 0.1) is 6.54 Å². The number of hydrogen-bond acceptors (Lipinski definition) is 3. The maximum atomic E-state index is 5.28. The Morgan fingerprint density at radius 2 is 1.83 bits per heavy atom. The molecule has 2 aromatic carbocycles. The van der Waals surface area contributed by atoms with Crippen molar-refractivity contribution < 1.29 is 0 Å². The number of benzene rings is 2. The third-order valence-electron chi connectivity index (χ3n) is 3.65. The Labute approximate surface area is 146 Å². The molecule has 0 unspecified atom stereocenters. The van der Waals surface area contributed by atoms with Gasteiger partial charge in [0.2, 0.25) is 5.95 Å². The van der Waals surface area contributed by atoms with Gasteiger partial charge in [-0.15, -0.1) is 5.10 Å². The lowest BCUT2D eigenvalue weighted by Gasteiger charge is -2.08. The maximum absolute atomic E-state index is 5.28. The Hall–Kier alpha value is -2.73. The monoisotopic (exact) mass is 337 g/mol. The molecule has 122 valence electrons. The van der Waals surface area contributed by atoms with E-state index in [0.29, 0.717) is 24.2 Å². The molecule has 5 nitrogen and oxygen atoms in total. The van der Waals surface area contributed by atoms with Crippen molar-refractivity contribution in [3.63, 3.8) is 0 Å². The second-order valence-corrected chi connectivity index (χ2v) is 5.89. The van der Waals surface area contributed by atoms with Gasteiger partial charge in [-0.1, -0.05) is 54.6 Å². The van der Waals surface area contributed by atoms with E-state index >= 15 is 0 Å². The molecule has 1 aromatic heterocycles. The maximum Gasteiger partial charge on any atom is 0.248 e. The highest BCUT2D eigenvalue weighted by Crippen LogP contribution is 2.09. The number of thiocarbonyl (C=S) groups is 1. The molecule has 0 saturated carbocycles. The standard InChI is InChI=1S/C18H19N5S/c1-14-7-5-6-10-16(14)12-23-13-20-17(22-23)21-18(24)19-11-15-8-3-2-4-9-15/h2-10,13H,11-12H2,1H3,(H2,19,21,22,24). The molecular formula is C18H19N5S. The van der Waals surface area contributed by atoms with Gasteiger partial charge in [0, 0.05) is 6.54 Å². The van der Waals surface area contributed by atoms with E-state index < -0.39 is 0 Å². The van der Waals surface area contributed by atoms with E-state index in [1.54, 1.807) is 11.0 Å². The van der Waals surface area contributed by atoms with Crippen LogP contribution in [0.3, 0.4) is 0 Å². The number of aryl methyl sites for hydroxylation is 1. The molecule has 3 rings (SSSR count). The highest BCUT2D eigenvalue weighted by molar-refractivity contribution is 7.80. The number of anilines is 1. The third-order valence-corrected chi connectivity index (χ3v) is 3.90. The van der Waals surface area contributed by atoms with Crippen molar-refractivity contribution in [2.75, 3.05) is 5.32 Å². The Kier molecular flexibility index (Phi) is 5.18. The lowest BCUT2D eigenvalue weighted by molar-refractivity contribution is 0.684. The lowest BCUT2D eigenvalue weighted by Crippen LogP contribution is -2.28. The summed E-state index contributed by atoms with van der Waals surface area (Å²) in [5.41, 5.74) is 3.63. The van der Waals surface area contributed by atoms with Gasteiger partial charge in [-0.05, 0) is 35.8 Å². The Morgan fingerprint density at radius 1 is 1.08 bits per heavy atom. The summed E-state index contributed by atoms with van der Waals surface area (Å²) in [5.74, 6) is 0.495. The molecule has 6 heteroatoms. The van der Waals surface area contributed by atoms with Crippen LogP contribution in [0.25, 0.3) is 0 Å². The molecule has 24 heavy (non-hydrogen) atoms. The minimum absolute atomic E-state index is 0.495. The summed E-state index contributed by atoms with van der Waals surface area (Å²) in [6.07, 6.45) is 1.70. The van der Waals surface area contributed by atoms with Crippen molar-refractivity contribution in [2.45, 2.75) is 20.0 Å². The first-order chi connectivity index (χ1) is 11.7. The van der Waals surface area contributed by atoms with Crippen LogP contribution in [0.4, 0.5) is 5.95 Å². The topological polar surface area (TPSA) is 54.8 Å². The summed E-state index contributed by atoms with van der Waals surface area (Å²) in [4.78, 5) is 4.25. The Morgan fingerprint density at radius 3 is 2.62 bits per heavy atom. The molecule has 0 amide bonds. The largest absolute Gasteiger partial charge is 0.358 e. The molecule has 0 bridgehead atoms. The first kappa shape index (κ1) is 16.1. The van der Waals surface area contributed by atoms with E-state index in [1.807, 2.05) is 42.5 Å². The molecule has 0 fully saturated rings. The number of aromatic nitrogens is 3. The molecule has 2 N–H and O–H groups in total. The molecule has 0 atom stereocenters. The molecule has 3 aromatic rings. The van der Waals surface area contributed by atoms with Gasteiger partial charge in [0.1, 0.15) is 6.33 Å². The van der Waals surface area contributed by atoms with E-state index in [1.165, 1.54) is 16.7 Å². The molecule has 0 aliphatic carbocycles. The fraction of sp³-hybridized carbons (Fsp3) is 0.167. The van der Waals surface area contributed by atoms with Crippen LogP contribution in [0.15, 0.2) is 60.9 Å². The van der Waals surface area contributed by atoms with Crippen LogP contribution in [0, 0.1) is 6.92 Å². The van der Waals surface area contributed by atoms with Crippen molar-refractivity contribution in [1.29, 1.82) is 0 Å². The molecule has 0 spiro atoms. The van der Waals surface area contributed by atoms with E-state index in [4.69, 9.17) is 12.2 Å². The summed E-state index contributed by atoms with van der Waals surface area (Å²) in [5, 5.41) is 11.1. The molecule has 0 aliphatic heterocycles. The normalized spacial score (nSPS) is 10.4. The van der Waals surface area contributed by atoms with Crippen LogP contribution in [-0.2, 0) is 13.1 Å². The molecule has 1 heterocycles. The fourth-order valence-electron chi connectivity index (χ4n) is 2.31. The summed E-state index contributed by atoms with van der Waals surface area (Å²) in [7, 11) is 0. The predicted molar refractivity (Wildman–Crippen MR) is 99.8 cm³/mol. The van der Waals surface area contributed by atoms with Crippen LogP contribution in [0.2, 0.25) is 0 Å². The van der Waals surface area contributed by atoms with E-state index in [9.17, 15) is 0 Å². The molecule has 0 aliphatic rings. The average molecular weight is 337 g/mol. The Bertz CT molecular complexity index is 813. The van der Waals surface area contributed by atoms with E-state index in [0.717, 1.165) is 0 Å². The lowest BCUT2D eigenvalue weighted by atomic mass is 10.1. The van der Waals surface area contributed by atoms with E-state index in [2.05, 4.69) is 39.8 Å².